The van der Waals surface area contributed by atoms with Crippen LogP contribution in [0.1, 0.15) is 16.8 Å². The zero-order valence-corrected chi connectivity index (χ0v) is 22.9. The van der Waals surface area contributed by atoms with Crippen LogP contribution in [0.2, 0.25) is 5.02 Å². The third-order valence-corrected chi connectivity index (χ3v) is 7.96. The second-order valence-corrected chi connectivity index (χ2v) is 11.3. The van der Waals surface area contributed by atoms with E-state index in [1.165, 1.54) is 35.6 Å². The van der Waals surface area contributed by atoms with E-state index in [1.807, 2.05) is 38.4 Å². The predicted octanol–water partition coefficient (Wildman–Crippen LogP) is 5.77. The molecule has 7 nitrogen and oxygen atoms in total. The van der Waals surface area contributed by atoms with Gasteiger partial charge in [0, 0.05) is 22.8 Å². The van der Waals surface area contributed by atoms with Gasteiger partial charge in [0.25, 0.3) is 15.9 Å². The van der Waals surface area contributed by atoms with Crippen molar-refractivity contribution in [3.05, 3.63) is 83.4 Å². The molecule has 1 heterocycles. The second kappa shape index (κ2) is 12.0. The highest BCUT2D eigenvalue weighted by Crippen LogP contribution is 2.30. The Morgan fingerprint density at radius 2 is 1.64 bits per heavy atom. The van der Waals surface area contributed by atoms with Gasteiger partial charge in [-0.25, -0.2) is 13.4 Å². The van der Waals surface area contributed by atoms with E-state index in [-0.39, 0.29) is 23.2 Å². The molecule has 1 N–H and O–H groups in total. The highest BCUT2D eigenvalue weighted by Gasteiger charge is 2.22. The van der Waals surface area contributed by atoms with Gasteiger partial charge in [-0.3, -0.25) is 14.4 Å². The first-order valence-corrected chi connectivity index (χ1v) is 13.6. The summed E-state index contributed by atoms with van der Waals surface area (Å²) < 4.78 is 28.8. The summed E-state index contributed by atoms with van der Waals surface area (Å²) in [6.07, 6.45) is 0.785. The number of fused-ring (bicyclic) bond motifs is 1. The minimum atomic E-state index is -3.77. The molecule has 4 rings (SSSR count). The van der Waals surface area contributed by atoms with Crippen molar-refractivity contribution in [2.45, 2.75) is 11.3 Å². The largest absolute Gasteiger partial charge is 0.309 e. The Bertz CT molecular complexity index is 1390. The Kier molecular flexibility index (Phi) is 9.32. The van der Waals surface area contributed by atoms with Crippen molar-refractivity contribution in [1.82, 2.24) is 9.88 Å². The molecule has 0 saturated carbocycles. The molecule has 4 aromatic rings. The smallest absolute Gasteiger partial charge is 0.261 e. The van der Waals surface area contributed by atoms with Gasteiger partial charge in [-0.2, -0.15) is 0 Å². The van der Waals surface area contributed by atoms with Crippen molar-refractivity contribution < 1.29 is 13.2 Å². The van der Waals surface area contributed by atoms with E-state index in [4.69, 9.17) is 11.6 Å². The lowest BCUT2D eigenvalue weighted by Gasteiger charge is -2.21. The molecule has 1 aromatic heterocycles. The van der Waals surface area contributed by atoms with Crippen molar-refractivity contribution in [3.8, 4) is 0 Å². The van der Waals surface area contributed by atoms with Crippen LogP contribution in [0.5, 0.6) is 0 Å². The van der Waals surface area contributed by atoms with Crippen LogP contribution in [0.4, 0.5) is 10.8 Å². The summed E-state index contributed by atoms with van der Waals surface area (Å²) in [7, 11) is 0.213. The van der Waals surface area contributed by atoms with Crippen LogP contribution < -0.4 is 9.62 Å². The summed E-state index contributed by atoms with van der Waals surface area (Å²) in [6, 6.07) is 20.1. The highest BCUT2D eigenvalue weighted by atomic mass is 35.5. The molecule has 0 aliphatic heterocycles. The third-order valence-electron chi connectivity index (χ3n) is 5.25. The number of thiazole rings is 1. The molecule has 36 heavy (non-hydrogen) atoms. The Morgan fingerprint density at radius 3 is 2.28 bits per heavy atom. The van der Waals surface area contributed by atoms with Gasteiger partial charge in [0.05, 0.1) is 15.1 Å². The molecule has 0 atom stereocenters. The molecule has 11 heteroatoms. The number of nitrogens with one attached hydrogen (secondary N) is 1. The van der Waals surface area contributed by atoms with E-state index in [1.54, 1.807) is 29.2 Å². The first kappa shape index (κ1) is 27.9. The summed E-state index contributed by atoms with van der Waals surface area (Å²) in [5.74, 6) is -0.185. The van der Waals surface area contributed by atoms with Gasteiger partial charge in [0.2, 0.25) is 0 Å². The van der Waals surface area contributed by atoms with Crippen molar-refractivity contribution in [1.29, 1.82) is 0 Å². The number of sulfonamides is 1. The molecule has 190 valence electrons. The molecular weight excluding hydrogens is 539 g/mol. The lowest BCUT2D eigenvalue weighted by molar-refractivity contribution is 0.0986. The van der Waals surface area contributed by atoms with E-state index >= 15 is 0 Å². The number of carbonyl (C=O) groups excluding carboxylic acids is 1. The van der Waals surface area contributed by atoms with Crippen molar-refractivity contribution in [3.63, 3.8) is 0 Å². The predicted molar refractivity (Wildman–Crippen MR) is 150 cm³/mol. The van der Waals surface area contributed by atoms with E-state index in [0.717, 1.165) is 23.2 Å². The van der Waals surface area contributed by atoms with Crippen molar-refractivity contribution >= 4 is 72.3 Å². The summed E-state index contributed by atoms with van der Waals surface area (Å²) in [6.45, 7) is 1.35. The maximum Gasteiger partial charge on any atom is 0.261 e. The Hall–Kier alpha value is -2.69. The average molecular weight is 566 g/mol. The highest BCUT2D eigenvalue weighted by molar-refractivity contribution is 7.92. The van der Waals surface area contributed by atoms with Crippen LogP contribution in [-0.2, 0) is 10.0 Å². The fourth-order valence-electron chi connectivity index (χ4n) is 3.47. The fraction of sp³-hybridized carbons (Fsp3) is 0.200. The summed E-state index contributed by atoms with van der Waals surface area (Å²) >= 11 is 7.33. The quantitative estimate of drug-likeness (QED) is 0.279. The molecule has 1 amide bonds. The zero-order valence-electron chi connectivity index (χ0n) is 19.7. The first-order chi connectivity index (χ1) is 16.7. The Balaban J connectivity index is 0.00000361. The monoisotopic (exact) mass is 564 g/mol. The Morgan fingerprint density at radius 1 is 0.972 bits per heavy atom. The van der Waals surface area contributed by atoms with E-state index in [2.05, 4.69) is 14.6 Å². The molecule has 0 spiro atoms. The molecule has 0 aliphatic carbocycles. The van der Waals surface area contributed by atoms with Crippen LogP contribution in [0, 0.1) is 0 Å². The van der Waals surface area contributed by atoms with Gasteiger partial charge in [-0.05, 0) is 87.7 Å². The number of halogens is 2. The SMILES string of the molecule is CN(C)CCCN(C(=O)c1ccc(NS(=O)(=O)c2ccc(Cl)cc2)cc1)c1nc2ccccc2s1.Cl. The first-order valence-electron chi connectivity index (χ1n) is 10.9. The molecule has 0 radical (unpaired) electrons. The van der Waals surface area contributed by atoms with Crippen molar-refractivity contribution in [2.24, 2.45) is 0 Å². The van der Waals surface area contributed by atoms with Crippen LogP contribution in [-0.4, -0.2) is 51.4 Å². The van der Waals surface area contributed by atoms with Crippen LogP contribution in [0.25, 0.3) is 10.2 Å². The number of amides is 1. The van der Waals surface area contributed by atoms with Gasteiger partial charge >= 0.3 is 0 Å². The summed E-state index contributed by atoms with van der Waals surface area (Å²) in [5, 5.41) is 1.09. The lowest BCUT2D eigenvalue weighted by Crippen LogP contribution is -2.33. The topological polar surface area (TPSA) is 82.6 Å². The maximum atomic E-state index is 13.5. The maximum absolute atomic E-state index is 13.5. The number of rotatable bonds is 9. The third kappa shape index (κ3) is 6.74. The normalized spacial score (nSPS) is 11.3. The van der Waals surface area contributed by atoms with Crippen LogP contribution >= 0.6 is 35.3 Å². The van der Waals surface area contributed by atoms with Crippen LogP contribution in [0.3, 0.4) is 0 Å². The van der Waals surface area contributed by atoms with Gasteiger partial charge in [0.15, 0.2) is 5.13 Å². The van der Waals surface area contributed by atoms with E-state index in [9.17, 15) is 13.2 Å². The Labute approximate surface area is 226 Å². The van der Waals surface area contributed by atoms with Gasteiger partial charge < -0.3 is 4.90 Å². The zero-order chi connectivity index (χ0) is 25.0. The lowest BCUT2D eigenvalue weighted by atomic mass is 10.2. The minimum absolute atomic E-state index is 0. The molecule has 3 aromatic carbocycles. The molecule has 0 bridgehead atoms. The van der Waals surface area contributed by atoms with Crippen LogP contribution in [0.15, 0.2) is 77.7 Å². The van der Waals surface area contributed by atoms with Gasteiger partial charge in [0.1, 0.15) is 0 Å². The number of hydrogen-bond acceptors (Lipinski definition) is 6. The number of carbonyl (C=O) groups is 1. The van der Waals surface area contributed by atoms with E-state index in [0.29, 0.717) is 27.9 Å². The number of hydrogen-bond donors (Lipinski definition) is 1. The summed E-state index contributed by atoms with van der Waals surface area (Å²) in [5.41, 5.74) is 1.66. The van der Waals surface area contributed by atoms with E-state index < -0.39 is 10.0 Å². The minimum Gasteiger partial charge on any atom is -0.309 e. The van der Waals surface area contributed by atoms with Gasteiger partial charge in [-0.1, -0.05) is 35.1 Å². The number of benzene rings is 3. The molecule has 0 saturated heterocycles. The second-order valence-electron chi connectivity index (χ2n) is 8.21. The molecular formula is C25H26Cl2N4O3S2. The fourth-order valence-corrected chi connectivity index (χ4v) is 5.64. The standard InChI is InChI=1S/C25H25ClN4O3S2.ClH/c1-29(2)16-5-17-30(25-27-22-6-3-4-7-23(22)34-25)24(31)18-8-12-20(13-9-18)28-35(32,33)21-14-10-19(26)11-15-21;/h3-4,6-15,28H,5,16-17H2,1-2H3;1H. The van der Waals surface area contributed by atoms with Gasteiger partial charge in [-0.15, -0.1) is 12.4 Å². The molecule has 0 unspecified atom stereocenters. The van der Waals surface area contributed by atoms with Crippen molar-refractivity contribution in [2.75, 3.05) is 36.8 Å². The average Bonchev–Trinajstić information content (AvgIpc) is 3.26. The molecule has 0 aliphatic rings. The number of para-hydroxylation sites is 1. The number of anilines is 2. The number of nitrogens with zero attached hydrogens (tertiary/aromatic N) is 3. The summed E-state index contributed by atoms with van der Waals surface area (Å²) in [4.78, 5) is 22.0. The number of aromatic nitrogens is 1. The molecule has 0 fully saturated rings.